The van der Waals surface area contributed by atoms with Crippen molar-refractivity contribution in [2.75, 3.05) is 19.6 Å². The molecule has 0 radical (unpaired) electrons. The predicted octanol–water partition coefficient (Wildman–Crippen LogP) is 4.00. The van der Waals surface area contributed by atoms with Gasteiger partial charge in [0, 0.05) is 47.6 Å². The Kier molecular flexibility index (Phi) is 5.14. The van der Waals surface area contributed by atoms with Crippen molar-refractivity contribution in [3.05, 3.63) is 63.9 Å². The highest BCUT2D eigenvalue weighted by Gasteiger charge is 2.26. The van der Waals surface area contributed by atoms with E-state index in [-0.39, 0.29) is 6.42 Å². The molecule has 0 unspecified atom stereocenters. The number of nitrogens with zero attached hydrogens (tertiary/aromatic N) is 2. The number of likely N-dealkylation sites (tertiary alicyclic amines) is 1. The Morgan fingerprint density at radius 3 is 2.85 bits per heavy atom. The molecule has 0 amide bonds. The summed E-state index contributed by atoms with van der Waals surface area (Å²) in [6, 6.07) is 9.72. The van der Waals surface area contributed by atoms with Crippen molar-refractivity contribution < 1.29 is 14.6 Å². The number of aliphatic carboxylic acids is 1. The lowest BCUT2D eigenvalue weighted by Crippen LogP contribution is -2.33. The third kappa shape index (κ3) is 3.84. The second-order valence-corrected chi connectivity index (χ2v) is 7.34. The van der Waals surface area contributed by atoms with Crippen LogP contribution in [0.3, 0.4) is 0 Å². The van der Waals surface area contributed by atoms with E-state index in [2.05, 4.69) is 16.0 Å². The summed E-state index contributed by atoms with van der Waals surface area (Å²) in [6.07, 6.45) is 3.77. The first-order valence-corrected chi connectivity index (χ1v) is 9.53. The maximum atomic E-state index is 10.8. The quantitative estimate of drug-likeness (QED) is 0.866. The Morgan fingerprint density at radius 2 is 2.07 bits per heavy atom. The Labute approximate surface area is 163 Å². The molecular weight excluding hydrogens is 364 g/mol. The number of hydrogen-bond acceptors (Lipinski definition) is 4. The molecule has 2 aromatic rings. The molecule has 1 N–H and O–H groups in total. The van der Waals surface area contributed by atoms with Crippen LogP contribution < -0.4 is 4.74 Å². The van der Waals surface area contributed by atoms with E-state index in [1.165, 1.54) is 5.57 Å². The molecule has 0 saturated carbocycles. The molecule has 4 rings (SSSR count). The molecule has 0 bridgehead atoms. The van der Waals surface area contributed by atoms with Crippen molar-refractivity contribution in [2.45, 2.75) is 25.9 Å². The highest BCUT2D eigenvalue weighted by molar-refractivity contribution is 6.30. The Bertz CT molecular complexity index is 900. The fraction of sp³-hybridized carbons (Fsp3) is 0.333. The number of rotatable bonds is 3. The van der Waals surface area contributed by atoms with E-state index >= 15 is 0 Å². The fourth-order valence-electron chi connectivity index (χ4n) is 3.79. The minimum atomic E-state index is -0.748. The molecule has 0 atom stereocenters. The van der Waals surface area contributed by atoms with Crippen LogP contribution in [-0.2, 0) is 11.4 Å². The van der Waals surface area contributed by atoms with Gasteiger partial charge in [-0.2, -0.15) is 0 Å². The first-order valence-electron chi connectivity index (χ1n) is 9.15. The molecule has 2 aliphatic heterocycles. The molecule has 6 heteroatoms. The number of halogens is 1. The average Bonchev–Trinajstić information content (AvgIpc) is 2.83. The third-order valence-corrected chi connectivity index (χ3v) is 5.41. The van der Waals surface area contributed by atoms with Gasteiger partial charge in [-0.15, -0.1) is 0 Å². The fourth-order valence-corrected chi connectivity index (χ4v) is 3.97. The van der Waals surface area contributed by atoms with Crippen LogP contribution in [0.15, 0.2) is 42.1 Å². The van der Waals surface area contributed by atoms with E-state index in [1.54, 1.807) is 0 Å². The number of piperidine rings is 1. The maximum Gasteiger partial charge on any atom is 0.304 e. The number of aromatic nitrogens is 1. The van der Waals surface area contributed by atoms with E-state index in [9.17, 15) is 4.79 Å². The second kappa shape index (κ2) is 7.71. The highest BCUT2D eigenvalue weighted by Crippen LogP contribution is 2.41. The van der Waals surface area contributed by atoms with E-state index in [0.29, 0.717) is 18.2 Å². The summed E-state index contributed by atoms with van der Waals surface area (Å²) in [4.78, 5) is 17.7. The molecular formula is C21H21ClN2O3. The lowest BCUT2D eigenvalue weighted by atomic mass is 9.89. The predicted molar refractivity (Wildman–Crippen MR) is 104 cm³/mol. The first kappa shape index (κ1) is 18.0. The van der Waals surface area contributed by atoms with Crippen molar-refractivity contribution in [3.63, 3.8) is 0 Å². The number of pyridine rings is 1. The average molecular weight is 385 g/mol. The Balaban J connectivity index is 1.72. The molecule has 3 heterocycles. The summed E-state index contributed by atoms with van der Waals surface area (Å²) >= 11 is 6.29. The Hall–Kier alpha value is -2.37. The molecule has 27 heavy (non-hydrogen) atoms. The van der Waals surface area contributed by atoms with Gasteiger partial charge in [0.05, 0.1) is 12.1 Å². The van der Waals surface area contributed by atoms with Crippen LogP contribution in [0, 0.1) is 0 Å². The number of carbonyl (C=O) groups is 1. The second-order valence-electron chi connectivity index (χ2n) is 6.90. The largest absolute Gasteiger partial charge is 0.488 e. The minimum absolute atomic E-state index is 0.183. The van der Waals surface area contributed by atoms with Gasteiger partial charge < -0.3 is 14.7 Å². The van der Waals surface area contributed by atoms with Crippen molar-refractivity contribution in [1.82, 2.24) is 9.88 Å². The molecule has 1 aromatic heterocycles. The molecule has 2 aliphatic rings. The highest BCUT2D eigenvalue weighted by atomic mass is 35.5. The number of carboxylic acids is 1. The number of benzene rings is 1. The van der Waals surface area contributed by atoms with Crippen LogP contribution in [0.4, 0.5) is 0 Å². The van der Waals surface area contributed by atoms with Gasteiger partial charge in [-0.05, 0) is 37.1 Å². The van der Waals surface area contributed by atoms with Crippen LogP contribution in [0.2, 0.25) is 5.02 Å². The van der Waals surface area contributed by atoms with E-state index in [0.717, 1.165) is 54.1 Å². The van der Waals surface area contributed by atoms with E-state index in [1.807, 2.05) is 30.5 Å². The Morgan fingerprint density at radius 1 is 1.26 bits per heavy atom. The summed E-state index contributed by atoms with van der Waals surface area (Å²) in [5.41, 5.74) is 5.48. The molecule has 5 nitrogen and oxygen atoms in total. The summed E-state index contributed by atoms with van der Waals surface area (Å²) in [5, 5.41) is 9.58. The van der Waals surface area contributed by atoms with Crippen LogP contribution in [0.1, 0.15) is 36.1 Å². The topological polar surface area (TPSA) is 62.7 Å². The van der Waals surface area contributed by atoms with Gasteiger partial charge in [0.25, 0.3) is 0 Å². The zero-order valence-electron chi connectivity index (χ0n) is 14.9. The molecule has 1 aromatic carbocycles. The summed E-state index contributed by atoms with van der Waals surface area (Å²) < 4.78 is 6.03. The van der Waals surface area contributed by atoms with Gasteiger partial charge in [0.1, 0.15) is 12.4 Å². The smallest absolute Gasteiger partial charge is 0.304 e. The molecule has 1 fully saturated rings. The van der Waals surface area contributed by atoms with Gasteiger partial charge in [0.15, 0.2) is 0 Å². The van der Waals surface area contributed by atoms with Crippen molar-refractivity contribution in [2.24, 2.45) is 0 Å². The lowest BCUT2D eigenvalue weighted by Gasteiger charge is -2.29. The van der Waals surface area contributed by atoms with E-state index < -0.39 is 5.97 Å². The molecule has 0 aliphatic carbocycles. The van der Waals surface area contributed by atoms with Crippen molar-refractivity contribution in [3.8, 4) is 5.75 Å². The summed E-state index contributed by atoms with van der Waals surface area (Å²) in [5.74, 6) is 0.0787. The first-order chi connectivity index (χ1) is 13.1. The monoisotopic (exact) mass is 384 g/mol. The van der Waals surface area contributed by atoms with Crippen LogP contribution in [0.25, 0.3) is 5.57 Å². The summed E-state index contributed by atoms with van der Waals surface area (Å²) in [6.45, 7) is 2.79. The number of fused-ring (bicyclic) bond motifs is 2. The van der Waals surface area contributed by atoms with Crippen molar-refractivity contribution >= 4 is 23.1 Å². The minimum Gasteiger partial charge on any atom is -0.488 e. The van der Waals surface area contributed by atoms with Gasteiger partial charge >= 0.3 is 5.97 Å². The standard InChI is InChI=1S/C21H21ClN2O3/c22-16-3-4-18-17(12-16)20(21-15(13-27-18)2-1-8-23-21)14-5-9-24(10-6-14)11-7-19(25)26/h1-4,8,12H,5-7,9-11,13H2,(H,25,26). The zero-order chi connectivity index (χ0) is 18.8. The number of ether oxygens (including phenoxy) is 1. The van der Waals surface area contributed by atoms with Gasteiger partial charge in [-0.3, -0.25) is 9.78 Å². The molecule has 0 spiro atoms. The van der Waals surface area contributed by atoms with Crippen LogP contribution in [0.5, 0.6) is 5.75 Å². The number of carboxylic acid groups (broad SMARTS) is 1. The van der Waals surface area contributed by atoms with Crippen LogP contribution in [-0.4, -0.2) is 40.6 Å². The van der Waals surface area contributed by atoms with Gasteiger partial charge in [0.2, 0.25) is 0 Å². The van der Waals surface area contributed by atoms with Gasteiger partial charge in [-0.1, -0.05) is 23.2 Å². The SMILES string of the molecule is O=C(O)CCN1CCC(=C2c3cc(Cl)ccc3OCc3cccnc32)CC1. The maximum absolute atomic E-state index is 10.8. The van der Waals surface area contributed by atoms with Crippen molar-refractivity contribution in [1.29, 1.82) is 0 Å². The van der Waals surface area contributed by atoms with E-state index in [4.69, 9.17) is 21.4 Å². The molecule has 1 saturated heterocycles. The lowest BCUT2D eigenvalue weighted by molar-refractivity contribution is -0.137. The normalized spacial score (nSPS) is 16.9. The van der Waals surface area contributed by atoms with Gasteiger partial charge in [-0.25, -0.2) is 0 Å². The number of hydrogen-bond donors (Lipinski definition) is 1. The summed E-state index contributed by atoms with van der Waals surface area (Å²) in [7, 11) is 0. The zero-order valence-corrected chi connectivity index (χ0v) is 15.7. The molecule has 140 valence electrons. The van der Waals surface area contributed by atoms with Crippen LogP contribution >= 0.6 is 11.6 Å². The third-order valence-electron chi connectivity index (χ3n) is 5.18.